The Balaban J connectivity index is 2.49. The molecule has 2 aromatic carbocycles. The van der Waals surface area contributed by atoms with Gasteiger partial charge in [0.25, 0.3) is 0 Å². The summed E-state index contributed by atoms with van der Waals surface area (Å²) in [6.07, 6.45) is 0.448. The van der Waals surface area contributed by atoms with Gasteiger partial charge in [0.1, 0.15) is 0 Å². The fourth-order valence-corrected chi connectivity index (χ4v) is 3.16. The SMILES string of the molecule is COC(=O)N[C@@H](c1ccccc1)[C@@H](NS(C)(=O)=O)c1ccccc1. The zero-order valence-corrected chi connectivity index (χ0v) is 14.3. The zero-order valence-electron chi connectivity index (χ0n) is 13.5. The third kappa shape index (κ3) is 5.07. The lowest BCUT2D eigenvalue weighted by molar-refractivity contribution is 0.164. The van der Waals surface area contributed by atoms with Crippen molar-refractivity contribution in [3.8, 4) is 0 Å². The molecule has 0 aliphatic carbocycles. The Bertz CT molecular complexity index is 764. The van der Waals surface area contributed by atoms with Crippen molar-refractivity contribution in [2.45, 2.75) is 12.1 Å². The van der Waals surface area contributed by atoms with Gasteiger partial charge in [-0.2, -0.15) is 0 Å². The average Bonchev–Trinajstić information content (AvgIpc) is 2.58. The van der Waals surface area contributed by atoms with Gasteiger partial charge >= 0.3 is 6.09 Å². The first-order chi connectivity index (χ1) is 11.4. The van der Waals surface area contributed by atoms with Crippen LogP contribution in [0.25, 0.3) is 0 Å². The molecule has 0 aliphatic heterocycles. The maximum absolute atomic E-state index is 11.9. The number of amides is 1. The second-order valence-corrected chi connectivity index (χ2v) is 7.08. The molecule has 0 aliphatic rings. The fourth-order valence-electron chi connectivity index (χ4n) is 2.42. The summed E-state index contributed by atoms with van der Waals surface area (Å²) in [5.74, 6) is 0. The van der Waals surface area contributed by atoms with Crippen molar-refractivity contribution in [1.29, 1.82) is 0 Å². The van der Waals surface area contributed by atoms with Gasteiger partial charge in [-0.25, -0.2) is 17.9 Å². The molecule has 0 aromatic heterocycles. The van der Waals surface area contributed by atoms with E-state index < -0.39 is 28.2 Å². The Morgan fingerprint density at radius 2 is 1.38 bits per heavy atom. The molecule has 0 radical (unpaired) electrons. The van der Waals surface area contributed by atoms with Gasteiger partial charge in [-0.05, 0) is 11.1 Å². The smallest absolute Gasteiger partial charge is 0.407 e. The highest BCUT2D eigenvalue weighted by Crippen LogP contribution is 2.29. The van der Waals surface area contributed by atoms with Crippen LogP contribution in [-0.2, 0) is 14.8 Å². The Kier molecular flexibility index (Phi) is 5.94. The number of ether oxygens (including phenoxy) is 1. The summed E-state index contributed by atoms with van der Waals surface area (Å²) >= 11 is 0. The molecule has 2 N–H and O–H groups in total. The molecule has 128 valence electrons. The van der Waals surface area contributed by atoms with E-state index in [9.17, 15) is 13.2 Å². The Morgan fingerprint density at radius 1 is 0.917 bits per heavy atom. The lowest BCUT2D eigenvalue weighted by Gasteiger charge is -2.28. The van der Waals surface area contributed by atoms with Gasteiger partial charge in [0.15, 0.2) is 0 Å². The molecule has 2 atom stereocenters. The molecule has 0 heterocycles. The van der Waals surface area contributed by atoms with Crippen molar-refractivity contribution in [3.63, 3.8) is 0 Å². The molecule has 0 fully saturated rings. The standard InChI is InChI=1S/C17H20N2O4S/c1-23-17(20)18-15(13-9-5-3-6-10-13)16(19-24(2,21)22)14-11-7-4-8-12-14/h3-12,15-16,19H,1-2H3,(H,18,20)/t15-,16-/m0/s1. The minimum Gasteiger partial charge on any atom is -0.453 e. The van der Waals surface area contributed by atoms with Crippen molar-refractivity contribution in [2.24, 2.45) is 0 Å². The molecule has 0 saturated heterocycles. The lowest BCUT2D eigenvalue weighted by atomic mass is 9.94. The van der Waals surface area contributed by atoms with E-state index in [1.807, 2.05) is 48.5 Å². The Hall–Kier alpha value is -2.38. The van der Waals surface area contributed by atoms with E-state index in [0.29, 0.717) is 0 Å². The van der Waals surface area contributed by atoms with Crippen molar-refractivity contribution in [2.75, 3.05) is 13.4 Å². The zero-order chi connectivity index (χ0) is 17.6. The number of hydrogen-bond donors (Lipinski definition) is 2. The second-order valence-electron chi connectivity index (χ2n) is 5.30. The van der Waals surface area contributed by atoms with Crippen LogP contribution in [0.4, 0.5) is 4.79 Å². The first kappa shape index (κ1) is 18.0. The summed E-state index contributed by atoms with van der Waals surface area (Å²) < 4.78 is 31.0. The van der Waals surface area contributed by atoms with Crippen molar-refractivity contribution < 1.29 is 17.9 Å². The molecular formula is C17H20N2O4S. The summed E-state index contributed by atoms with van der Waals surface area (Å²) in [7, 11) is -2.25. The molecular weight excluding hydrogens is 328 g/mol. The first-order valence-corrected chi connectivity index (χ1v) is 9.21. The van der Waals surface area contributed by atoms with Crippen LogP contribution in [0.1, 0.15) is 23.2 Å². The fraction of sp³-hybridized carbons (Fsp3) is 0.235. The molecule has 6 nitrogen and oxygen atoms in total. The van der Waals surface area contributed by atoms with Crippen LogP contribution in [0, 0.1) is 0 Å². The molecule has 24 heavy (non-hydrogen) atoms. The van der Waals surface area contributed by atoms with Crippen LogP contribution >= 0.6 is 0 Å². The van der Waals surface area contributed by atoms with Crippen LogP contribution in [0.2, 0.25) is 0 Å². The maximum Gasteiger partial charge on any atom is 0.407 e. The van der Waals surface area contributed by atoms with Crippen LogP contribution in [-0.4, -0.2) is 27.9 Å². The van der Waals surface area contributed by atoms with Gasteiger partial charge < -0.3 is 10.1 Å². The summed E-state index contributed by atoms with van der Waals surface area (Å²) in [6, 6.07) is 16.9. The normalized spacial score (nSPS) is 13.8. The molecule has 0 saturated carbocycles. The van der Waals surface area contributed by atoms with Gasteiger partial charge in [-0.15, -0.1) is 0 Å². The number of methoxy groups -OCH3 is 1. The number of nitrogens with one attached hydrogen (secondary N) is 2. The minimum atomic E-state index is -3.51. The number of hydrogen-bond acceptors (Lipinski definition) is 4. The number of rotatable bonds is 6. The highest BCUT2D eigenvalue weighted by molar-refractivity contribution is 7.88. The van der Waals surface area contributed by atoms with E-state index in [2.05, 4.69) is 10.0 Å². The summed E-state index contributed by atoms with van der Waals surface area (Å²) in [4.78, 5) is 11.8. The second kappa shape index (κ2) is 7.94. The van der Waals surface area contributed by atoms with Crippen LogP contribution in [0.15, 0.2) is 60.7 Å². The minimum absolute atomic E-state index is 0.629. The predicted molar refractivity (Wildman–Crippen MR) is 91.9 cm³/mol. The topological polar surface area (TPSA) is 84.5 Å². The maximum atomic E-state index is 11.9. The molecule has 2 rings (SSSR count). The van der Waals surface area contributed by atoms with E-state index >= 15 is 0 Å². The highest BCUT2D eigenvalue weighted by atomic mass is 32.2. The van der Waals surface area contributed by atoms with E-state index in [-0.39, 0.29) is 0 Å². The predicted octanol–water partition coefficient (Wildman–Crippen LogP) is 2.37. The summed E-state index contributed by atoms with van der Waals surface area (Å²) in [5.41, 5.74) is 1.49. The monoisotopic (exact) mass is 348 g/mol. The number of sulfonamides is 1. The van der Waals surface area contributed by atoms with E-state index in [0.717, 1.165) is 17.4 Å². The van der Waals surface area contributed by atoms with Crippen molar-refractivity contribution in [3.05, 3.63) is 71.8 Å². The summed E-state index contributed by atoms with van der Waals surface area (Å²) in [5, 5.41) is 2.72. The van der Waals surface area contributed by atoms with Crippen molar-refractivity contribution >= 4 is 16.1 Å². The third-order valence-electron chi connectivity index (χ3n) is 3.45. The molecule has 2 aromatic rings. The molecule has 0 unspecified atom stereocenters. The quantitative estimate of drug-likeness (QED) is 0.839. The van der Waals surface area contributed by atoms with Gasteiger partial charge in [0.2, 0.25) is 10.0 Å². The Morgan fingerprint density at radius 3 is 1.79 bits per heavy atom. The lowest BCUT2D eigenvalue weighted by Crippen LogP contribution is -2.40. The molecule has 0 spiro atoms. The third-order valence-corrected chi connectivity index (χ3v) is 4.13. The van der Waals surface area contributed by atoms with Crippen molar-refractivity contribution in [1.82, 2.24) is 10.0 Å². The summed E-state index contributed by atoms with van der Waals surface area (Å²) in [6.45, 7) is 0. The molecule has 1 amide bonds. The number of carbonyl (C=O) groups is 1. The van der Waals surface area contributed by atoms with Crippen LogP contribution in [0.5, 0.6) is 0 Å². The van der Waals surface area contributed by atoms with Gasteiger partial charge in [-0.3, -0.25) is 0 Å². The highest BCUT2D eigenvalue weighted by Gasteiger charge is 2.29. The van der Waals surface area contributed by atoms with Gasteiger partial charge in [0, 0.05) is 0 Å². The molecule has 7 heteroatoms. The number of carbonyl (C=O) groups excluding carboxylic acids is 1. The first-order valence-electron chi connectivity index (χ1n) is 7.32. The number of benzene rings is 2. The number of alkyl carbamates (subject to hydrolysis) is 1. The largest absolute Gasteiger partial charge is 0.453 e. The van der Waals surface area contributed by atoms with Gasteiger partial charge in [-0.1, -0.05) is 60.7 Å². The Labute approximate surface area is 141 Å². The van der Waals surface area contributed by atoms with E-state index in [1.165, 1.54) is 7.11 Å². The average molecular weight is 348 g/mol. The van der Waals surface area contributed by atoms with Crippen LogP contribution in [0.3, 0.4) is 0 Å². The van der Waals surface area contributed by atoms with Gasteiger partial charge in [0.05, 0.1) is 25.4 Å². The van der Waals surface area contributed by atoms with E-state index in [4.69, 9.17) is 4.74 Å². The van der Waals surface area contributed by atoms with E-state index in [1.54, 1.807) is 12.1 Å². The molecule has 0 bridgehead atoms. The van der Waals surface area contributed by atoms with Crippen LogP contribution < -0.4 is 10.0 Å².